The van der Waals surface area contributed by atoms with Gasteiger partial charge in [-0.05, 0) is 20.4 Å². The summed E-state index contributed by atoms with van der Waals surface area (Å²) >= 11 is 0. The molecular formula is C13H18O4. The van der Waals surface area contributed by atoms with Gasteiger partial charge in [-0.25, -0.2) is 4.79 Å². The van der Waals surface area contributed by atoms with Gasteiger partial charge < -0.3 is 14.9 Å². The Kier molecular flexibility index (Phi) is 7.46. The predicted molar refractivity (Wildman–Crippen MR) is 65.7 cm³/mol. The van der Waals surface area contributed by atoms with Gasteiger partial charge in [0.25, 0.3) is 0 Å². The van der Waals surface area contributed by atoms with Crippen LogP contribution in [0.25, 0.3) is 0 Å². The summed E-state index contributed by atoms with van der Waals surface area (Å²) < 4.78 is 4.41. The van der Waals surface area contributed by atoms with E-state index in [2.05, 4.69) is 49.4 Å². The van der Waals surface area contributed by atoms with E-state index < -0.39 is 5.97 Å². The van der Waals surface area contributed by atoms with Gasteiger partial charge >= 0.3 is 5.97 Å². The van der Waals surface area contributed by atoms with Crippen molar-refractivity contribution < 1.29 is 19.7 Å². The first-order chi connectivity index (χ1) is 7.97. The van der Waals surface area contributed by atoms with Gasteiger partial charge in [0.1, 0.15) is 6.61 Å². The maximum Gasteiger partial charge on any atom is 0.370 e. The third-order valence-corrected chi connectivity index (χ3v) is 1.82. The minimum Gasteiger partial charge on any atom is -0.485 e. The van der Waals surface area contributed by atoms with Crippen LogP contribution in [-0.4, -0.2) is 29.4 Å². The van der Waals surface area contributed by atoms with Crippen LogP contribution in [0.3, 0.4) is 0 Å². The predicted octanol–water partition coefficient (Wildman–Crippen LogP) is 1.90. The topological polar surface area (TPSA) is 66.8 Å². The van der Waals surface area contributed by atoms with Crippen LogP contribution in [0.5, 0.6) is 0 Å². The lowest BCUT2D eigenvalue weighted by Crippen LogP contribution is -2.06. The average Bonchev–Trinajstić information content (AvgIpc) is 2.30. The van der Waals surface area contributed by atoms with Gasteiger partial charge in [-0.1, -0.05) is 35.4 Å². The number of hydrogen-bond acceptors (Lipinski definition) is 3. The van der Waals surface area contributed by atoms with Crippen molar-refractivity contribution in [3.8, 4) is 0 Å². The molecule has 0 saturated carbocycles. The maximum atomic E-state index is 9.90. The van der Waals surface area contributed by atoms with Crippen molar-refractivity contribution in [2.75, 3.05) is 13.2 Å². The Bertz CT molecular complexity index is 333. The molecule has 0 saturated heterocycles. The van der Waals surface area contributed by atoms with Crippen molar-refractivity contribution in [3.63, 3.8) is 0 Å². The van der Waals surface area contributed by atoms with Crippen LogP contribution >= 0.6 is 0 Å². The Morgan fingerprint density at radius 2 is 1.65 bits per heavy atom. The van der Waals surface area contributed by atoms with Crippen molar-refractivity contribution in [2.45, 2.75) is 13.8 Å². The Balaban J connectivity index is 0.000000302. The molecular weight excluding hydrogens is 220 g/mol. The van der Waals surface area contributed by atoms with E-state index in [-0.39, 0.29) is 19.0 Å². The second kappa shape index (κ2) is 8.35. The third kappa shape index (κ3) is 8.04. The Labute approximate surface area is 101 Å². The first kappa shape index (κ1) is 15.2. The summed E-state index contributed by atoms with van der Waals surface area (Å²) in [5.74, 6) is -1.55. The van der Waals surface area contributed by atoms with Gasteiger partial charge in [0.05, 0.1) is 6.61 Å². The van der Waals surface area contributed by atoms with Crippen LogP contribution in [0.4, 0.5) is 0 Å². The zero-order chi connectivity index (χ0) is 13.3. The number of rotatable bonds is 4. The number of ether oxygens (including phenoxy) is 1. The number of aliphatic hydroxyl groups is 1. The van der Waals surface area contributed by atoms with Gasteiger partial charge in [0, 0.05) is 0 Å². The molecule has 0 bridgehead atoms. The van der Waals surface area contributed by atoms with E-state index in [1.54, 1.807) is 0 Å². The first-order valence-corrected chi connectivity index (χ1v) is 5.16. The molecule has 0 atom stereocenters. The molecule has 0 aliphatic heterocycles. The van der Waals surface area contributed by atoms with Gasteiger partial charge in [-0.15, -0.1) is 0 Å². The summed E-state index contributed by atoms with van der Waals surface area (Å²) in [6, 6.07) is 8.48. The van der Waals surface area contributed by atoms with E-state index in [0.29, 0.717) is 0 Å². The molecule has 0 unspecified atom stereocenters. The fraction of sp³-hybridized carbons (Fsp3) is 0.308. The molecule has 1 aromatic carbocycles. The van der Waals surface area contributed by atoms with Crippen LogP contribution in [0, 0.1) is 13.8 Å². The molecule has 0 spiro atoms. The average molecular weight is 238 g/mol. The smallest absolute Gasteiger partial charge is 0.370 e. The van der Waals surface area contributed by atoms with E-state index in [4.69, 9.17) is 10.2 Å². The SMILES string of the molecule is C=C(OCCO)C(=O)O.Cc1ccc(C)cc1. The highest BCUT2D eigenvalue weighted by Gasteiger charge is 2.02. The zero-order valence-corrected chi connectivity index (χ0v) is 10.1. The summed E-state index contributed by atoms with van der Waals surface area (Å²) in [6.45, 7) is 7.03. The summed E-state index contributed by atoms with van der Waals surface area (Å²) in [4.78, 5) is 9.90. The number of benzene rings is 1. The highest BCUT2D eigenvalue weighted by atomic mass is 16.5. The van der Waals surface area contributed by atoms with E-state index >= 15 is 0 Å². The summed E-state index contributed by atoms with van der Waals surface area (Å²) in [7, 11) is 0. The molecule has 0 aliphatic carbocycles. The Morgan fingerprint density at radius 1 is 1.24 bits per heavy atom. The van der Waals surface area contributed by atoms with Crippen molar-refractivity contribution >= 4 is 5.97 Å². The van der Waals surface area contributed by atoms with Crippen LogP contribution in [0.2, 0.25) is 0 Å². The maximum absolute atomic E-state index is 9.90. The Hall–Kier alpha value is -1.81. The lowest BCUT2D eigenvalue weighted by Gasteiger charge is -2.00. The zero-order valence-electron chi connectivity index (χ0n) is 10.1. The standard InChI is InChI=1S/C8H10.C5H8O4/c1-7-3-5-8(2)6-4-7;1-4(5(7)8)9-3-2-6/h3-6H,1-2H3;6H,1-3H2,(H,7,8). The highest BCUT2D eigenvalue weighted by Crippen LogP contribution is 1.99. The number of hydrogen-bond donors (Lipinski definition) is 2. The van der Waals surface area contributed by atoms with E-state index in [9.17, 15) is 4.79 Å². The second-order valence-electron chi connectivity index (χ2n) is 3.46. The minimum atomic E-state index is -1.21. The van der Waals surface area contributed by atoms with E-state index in [1.165, 1.54) is 11.1 Å². The van der Waals surface area contributed by atoms with Crippen molar-refractivity contribution in [1.29, 1.82) is 0 Å². The molecule has 17 heavy (non-hydrogen) atoms. The lowest BCUT2D eigenvalue weighted by molar-refractivity contribution is -0.136. The molecule has 2 N–H and O–H groups in total. The van der Waals surface area contributed by atoms with Gasteiger partial charge in [-0.2, -0.15) is 0 Å². The highest BCUT2D eigenvalue weighted by molar-refractivity contribution is 5.83. The van der Waals surface area contributed by atoms with Gasteiger partial charge in [0.15, 0.2) is 5.76 Å². The number of carboxylic acid groups (broad SMARTS) is 1. The molecule has 1 rings (SSSR count). The molecule has 4 heteroatoms. The molecule has 0 heterocycles. The second-order valence-corrected chi connectivity index (χ2v) is 3.46. The first-order valence-electron chi connectivity index (χ1n) is 5.16. The largest absolute Gasteiger partial charge is 0.485 e. The number of carboxylic acids is 1. The van der Waals surface area contributed by atoms with Crippen molar-refractivity contribution in [2.24, 2.45) is 0 Å². The van der Waals surface area contributed by atoms with Gasteiger partial charge in [-0.3, -0.25) is 0 Å². The monoisotopic (exact) mass is 238 g/mol. The fourth-order valence-corrected chi connectivity index (χ4v) is 0.867. The lowest BCUT2D eigenvalue weighted by atomic mass is 10.2. The van der Waals surface area contributed by atoms with Crippen LogP contribution in [-0.2, 0) is 9.53 Å². The number of aliphatic hydroxyl groups excluding tert-OH is 1. The molecule has 0 radical (unpaired) electrons. The fourth-order valence-electron chi connectivity index (χ4n) is 0.867. The molecule has 1 aromatic rings. The molecule has 4 nitrogen and oxygen atoms in total. The molecule has 0 amide bonds. The van der Waals surface area contributed by atoms with Crippen LogP contribution in [0.1, 0.15) is 11.1 Å². The summed E-state index contributed by atoms with van der Waals surface area (Å²) in [6.07, 6.45) is 0. The van der Waals surface area contributed by atoms with Crippen LogP contribution < -0.4 is 0 Å². The quantitative estimate of drug-likeness (QED) is 0.621. The number of aliphatic carboxylic acids is 1. The molecule has 0 aliphatic rings. The normalized spacial score (nSPS) is 8.88. The molecule has 0 aromatic heterocycles. The molecule has 94 valence electrons. The summed E-state index contributed by atoms with van der Waals surface area (Å²) in [5, 5.41) is 16.2. The van der Waals surface area contributed by atoms with Crippen molar-refractivity contribution in [1.82, 2.24) is 0 Å². The van der Waals surface area contributed by atoms with Gasteiger partial charge in [0.2, 0.25) is 0 Å². The van der Waals surface area contributed by atoms with Crippen LogP contribution in [0.15, 0.2) is 36.6 Å². The molecule has 0 fully saturated rings. The van der Waals surface area contributed by atoms with E-state index in [0.717, 1.165) is 0 Å². The van der Waals surface area contributed by atoms with E-state index in [1.807, 2.05) is 0 Å². The number of aryl methyl sites for hydroxylation is 2. The Morgan fingerprint density at radius 3 is 1.94 bits per heavy atom. The van der Waals surface area contributed by atoms with Crippen molar-refractivity contribution in [3.05, 3.63) is 47.7 Å². The third-order valence-electron chi connectivity index (χ3n) is 1.82. The number of carbonyl (C=O) groups is 1. The minimum absolute atomic E-state index is 0.0227. The summed E-state index contributed by atoms with van der Waals surface area (Å²) in [5.41, 5.74) is 2.66.